The maximum absolute atomic E-state index is 12.2. The molecule has 3 N–H and O–H groups in total. The van der Waals surface area contributed by atoms with Crippen LogP contribution in [0.25, 0.3) is 10.8 Å². The predicted octanol–water partition coefficient (Wildman–Crippen LogP) is 3.00. The summed E-state index contributed by atoms with van der Waals surface area (Å²) in [6, 6.07) is 20.1. The van der Waals surface area contributed by atoms with Crippen molar-refractivity contribution in [2.75, 3.05) is 6.54 Å². The summed E-state index contributed by atoms with van der Waals surface area (Å²) < 4.78 is 0. The van der Waals surface area contributed by atoms with E-state index in [0.717, 1.165) is 16.3 Å². The number of amides is 3. The average Bonchev–Trinajstić information content (AvgIpc) is 2.73. The number of carbonyl (C=O) groups excluding carboxylic acids is 3. The Hall–Kier alpha value is -3.38. The molecular weight excluding hydrogens is 390 g/mol. The smallest absolute Gasteiger partial charge is 0.251 e. The van der Waals surface area contributed by atoms with Gasteiger partial charge in [0.25, 0.3) is 5.91 Å². The molecule has 0 aliphatic heterocycles. The molecule has 148 valence electrons. The van der Waals surface area contributed by atoms with Crippen molar-refractivity contribution >= 4 is 40.1 Å². The lowest BCUT2D eigenvalue weighted by molar-refractivity contribution is -0.128. The van der Waals surface area contributed by atoms with Crippen LogP contribution in [0, 0.1) is 0 Å². The van der Waals surface area contributed by atoms with E-state index >= 15 is 0 Å². The van der Waals surface area contributed by atoms with Crippen LogP contribution in [0.3, 0.4) is 0 Å². The van der Waals surface area contributed by atoms with E-state index in [4.69, 9.17) is 11.6 Å². The number of rotatable bonds is 6. The lowest BCUT2D eigenvalue weighted by Gasteiger charge is -2.09. The molecule has 0 fully saturated rings. The van der Waals surface area contributed by atoms with Gasteiger partial charge in [-0.3, -0.25) is 25.2 Å². The van der Waals surface area contributed by atoms with Gasteiger partial charge in [0.1, 0.15) is 0 Å². The molecule has 29 heavy (non-hydrogen) atoms. The van der Waals surface area contributed by atoms with Crippen molar-refractivity contribution in [1.29, 1.82) is 0 Å². The fraction of sp³-hybridized carbons (Fsp3) is 0.136. The van der Waals surface area contributed by atoms with Gasteiger partial charge in [-0.05, 0) is 40.6 Å². The van der Waals surface area contributed by atoms with Crippen LogP contribution in [0.4, 0.5) is 0 Å². The summed E-state index contributed by atoms with van der Waals surface area (Å²) in [7, 11) is 0. The topological polar surface area (TPSA) is 87.3 Å². The molecule has 0 bridgehead atoms. The number of benzene rings is 3. The van der Waals surface area contributed by atoms with Gasteiger partial charge < -0.3 is 5.32 Å². The molecular formula is C22H20ClN3O3. The summed E-state index contributed by atoms with van der Waals surface area (Å²) in [5, 5.41) is 5.32. The van der Waals surface area contributed by atoms with Crippen molar-refractivity contribution in [2.24, 2.45) is 0 Å². The van der Waals surface area contributed by atoms with Gasteiger partial charge in [-0.2, -0.15) is 0 Å². The molecule has 0 aliphatic rings. The van der Waals surface area contributed by atoms with Gasteiger partial charge in [-0.15, -0.1) is 0 Å². The number of hydrazine groups is 1. The molecule has 3 aromatic rings. The quantitative estimate of drug-likeness (QED) is 0.547. The second-order valence-electron chi connectivity index (χ2n) is 6.47. The van der Waals surface area contributed by atoms with Gasteiger partial charge in [0.2, 0.25) is 11.8 Å². The minimum atomic E-state index is -0.395. The van der Waals surface area contributed by atoms with Crippen LogP contribution in [0.1, 0.15) is 22.3 Å². The zero-order valence-electron chi connectivity index (χ0n) is 15.6. The lowest BCUT2D eigenvalue weighted by Crippen LogP contribution is -2.43. The predicted molar refractivity (Wildman–Crippen MR) is 112 cm³/mol. The summed E-state index contributed by atoms with van der Waals surface area (Å²) in [5.41, 5.74) is 6.00. The zero-order chi connectivity index (χ0) is 20.6. The SMILES string of the molecule is O=C(CCNC(=O)c1ccc2ccccc2c1)NNC(=O)Cc1ccc(Cl)cc1. The van der Waals surface area contributed by atoms with Crippen LogP contribution in [-0.2, 0) is 16.0 Å². The fourth-order valence-corrected chi connectivity index (χ4v) is 2.88. The minimum absolute atomic E-state index is 0.0422. The van der Waals surface area contributed by atoms with E-state index in [1.165, 1.54) is 0 Å². The number of hydrogen-bond donors (Lipinski definition) is 3. The Morgan fingerprint density at radius 1 is 0.793 bits per heavy atom. The Morgan fingerprint density at radius 3 is 2.24 bits per heavy atom. The van der Waals surface area contributed by atoms with E-state index < -0.39 is 5.91 Å². The monoisotopic (exact) mass is 409 g/mol. The third-order valence-electron chi connectivity index (χ3n) is 4.27. The van der Waals surface area contributed by atoms with Gasteiger partial charge in [0.15, 0.2) is 0 Å². The van der Waals surface area contributed by atoms with Crippen molar-refractivity contribution < 1.29 is 14.4 Å². The van der Waals surface area contributed by atoms with Crippen LogP contribution in [0.15, 0.2) is 66.7 Å². The Kier molecular flexibility index (Phi) is 6.81. The van der Waals surface area contributed by atoms with Crippen LogP contribution >= 0.6 is 11.6 Å². The van der Waals surface area contributed by atoms with Crippen LogP contribution in [0.5, 0.6) is 0 Å². The molecule has 0 radical (unpaired) electrons. The molecule has 0 saturated heterocycles. The lowest BCUT2D eigenvalue weighted by atomic mass is 10.1. The number of carbonyl (C=O) groups is 3. The maximum Gasteiger partial charge on any atom is 0.251 e. The van der Waals surface area contributed by atoms with Crippen LogP contribution in [-0.4, -0.2) is 24.3 Å². The number of nitrogens with one attached hydrogen (secondary N) is 3. The number of halogens is 1. The Bertz CT molecular complexity index is 1030. The third kappa shape index (κ3) is 6.05. The normalized spacial score (nSPS) is 10.4. The van der Waals surface area contributed by atoms with Crippen molar-refractivity contribution in [3.63, 3.8) is 0 Å². The van der Waals surface area contributed by atoms with Gasteiger partial charge >= 0.3 is 0 Å². The molecule has 0 saturated carbocycles. The third-order valence-corrected chi connectivity index (χ3v) is 4.52. The number of hydrogen-bond acceptors (Lipinski definition) is 3. The highest BCUT2D eigenvalue weighted by Gasteiger charge is 2.09. The summed E-state index contributed by atoms with van der Waals surface area (Å²) >= 11 is 5.80. The van der Waals surface area contributed by atoms with Crippen molar-refractivity contribution in [3.05, 3.63) is 82.9 Å². The standard InChI is InChI=1S/C22H20ClN3O3/c23-19-9-5-15(6-10-19)13-21(28)26-25-20(27)11-12-24-22(29)18-8-7-16-3-1-2-4-17(16)14-18/h1-10,14H,11-13H2,(H,24,29)(H,25,27)(H,26,28). The average molecular weight is 410 g/mol. The Labute approximate surface area is 173 Å². The molecule has 0 aromatic heterocycles. The first-order valence-electron chi connectivity index (χ1n) is 9.10. The molecule has 0 aliphatic carbocycles. The Balaban J connectivity index is 1.39. The Morgan fingerprint density at radius 2 is 1.48 bits per heavy atom. The first-order chi connectivity index (χ1) is 14.0. The molecule has 0 heterocycles. The summed E-state index contributed by atoms with van der Waals surface area (Å²) in [6.45, 7) is 0.157. The molecule has 3 amide bonds. The van der Waals surface area contributed by atoms with Crippen LogP contribution < -0.4 is 16.2 Å². The van der Waals surface area contributed by atoms with Gasteiger partial charge in [-0.25, -0.2) is 0 Å². The van der Waals surface area contributed by atoms with E-state index in [1.807, 2.05) is 36.4 Å². The molecule has 6 nitrogen and oxygen atoms in total. The summed E-state index contributed by atoms with van der Waals surface area (Å²) in [5.74, 6) is -0.996. The van der Waals surface area contributed by atoms with E-state index in [1.54, 1.807) is 30.3 Å². The summed E-state index contributed by atoms with van der Waals surface area (Å²) in [6.07, 6.45) is 0.163. The van der Waals surface area contributed by atoms with Crippen molar-refractivity contribution in [1.82, 2.24) is 16.2 Å². The van der Waals surface area contributed by atoms with Gasteiger partial charge in [0, 0.05) is 23.6 Å². The number of fused-ring (bicyclic) bond motifs is 1. The highest BCUT2D eigenvalue weighted by atomic mass is 35.5. The first kappa shape index (κ1) is 20.4. The highest BCUT2D eigenvalue weighted by Crippen LogP contribution is 2.15. The maximum atomic E-state index is 12.2. The van der Waals surface area contributed by atoms with Crippen molar-refractivity contribution in [2.45, 2.75) is 12.8 Å². The second-order valence-corrected chi connectivity index (χ2v) is 6.90. The molecule has 0 unspecified atom stereocenters. The molecule has 0 atom stereocenters. The van der Waals surface area contributed by atoms with E-state index in [-0.39, 0.29) is 31.2 Å². The summed E-state index contributed by atoms with van der Waals surface area (Å²) in [4.78, 5) is 35.9. The second kappa shape index (κ2) is 9.71. The van der Waals surface area contributed by atoms with Gasteiger partial charge in [0.05, 0.1) is 6.42 Å². The minimum Gasteiger partial charge on any atom is -0.352 e. The van der Waals surface area contributed by atoms with E-state index in [0.29, 0.717) is 10.6 Å². The zero-order valence-corrected chi connectivity index (χ0v) is 16.3. The highest BCUT2D eigenvalue weighted by molar-refractivity contribution is 6.30. The van der Waals surface area contributed by atoms with Gasteiger partial charge in [-0.1, -0.05) is 54.1 Å². The first-order valence-corrected chi connectivity index (χ1v) is 9.48. The fourth-order valence-electron chi connectivity index (χ4n) is 2.76. The van der Waals surface area contributed by atoms with E-state index in [9.17, 15) is 14.4 Å². The molecule has 0 spiro atoms. The molecule has 3 rings (SSSR count). The van der Waals surface area contributed by atoms with Crippen LogP contribution in [0.2, 0.25) is 5.02 Å². The molecule has 7 heteroatoms. The van der Waals surface area contributed by atoms with Crippen molar-refractivity contribution in [3.8, 4) is 0 Å². The molecule has 3 aromatic carbocycles. The largest absolute Gasteiger partial charge is 0.352 e. The van der Waals surface area contributed by atoms with E-state index in [2.05, 4.69) is 16.2 Å².